The first-order valence-electron chi connectivity index (χ1n) is 7.16. The molecule has 0 saturated carbocycles. The summed E-state index contributed by atoms with van der Waals surface area (Å²) in [6.45, 7) is 1.67. The van der Waals surface area contributed by atoms with E-state index in [-0.39, 0.29) is 5.91 Å². The van der Waals surface area contributed by atoms with Gasteiger partial charge in [-0.05, 0) is 78.0 Å². The van der Waals surface area contributed by atoms with Crippen molar-refractivity contribution in [2.24, 2.45) is 0 Å². The van der Waals surface area contributed by atoms with E-state index in [1.54, 1.807) is 31.2 Å². The third kappa shape index (κ3) is 5.41. The van der Waals surface area contributed by atoms with Crippen molar-refractivity contribution in [2.45, 2.75) is 13.0 Å². The highest BCUT2D eigenvalue weighted by Gasteiger charge is 2.15. The van der Waals surface area contributed by atoms with Gasteiger partial charge in [0.05, 0.1) is 7.11 Å². The van der Waals surface area contributed by atoms with Gasteiger partial charge in [0.2, 0.25) is 0 Å². The van der Waals surface area contributed by atoms with Crippen LogP contribution in [0.4, 0.5) is 16.2 Å². The largest absolute Gasteiger partial charge is 0.481 e. The van der Waals surface area contributed by atoms with Crippen LogP contribution in [0.3, 0.4) is 0 Å². The van der Waals surface area contributed by atoms with Crippen molar-refractivity contribution in [3.63, 3.8) is 0 Å². The summed E-state index contributed by atoms with van der Waals surface area (Å²) in [5.74, 6) is 0.281. The fourth-order valence-corrected chi connectivity index (χ4v) is 2.18. The van der Waals surface area contributed by atoms with Crippen molar-refractivity contribution in [1.82, 2.24) is 0 Å². The van der Waals surface area contributed by atoms with Gasteiger partial charge in [-0.2, -0.15) is 0 Å². The molecule has 0 aliphatic carbocycles. The number of ether oxygens (including phenoxy) is 2. The van der Waals surface area contributed by atoms with Crippen LogP contribution in [0.15, 0.2) is 48.5 Å². The van der Waals surface area contributed by atoms with Gasteiger partial charge in [-0.3, -0.25) is 10.1 Å². The van der Waals surface area contributed by atoms with Crippen LogP contribution >= 0.6 is 22.6 Å². The van der Waals surface area contributed by atoms with Crippen LogP contribution < -0.4 is 15.4 Å². The summed E-state index contributed by atoms with van der Waals surface area (Å²) in [5.41, 5.74) is 1.29. The lowest BCUT2D eigenvalue weighted by Crippen LogP contribution is -2.30. The summed E-state index contributed by atoms with van der Waals surface area (Å²) in [7, 11) is 1.29. The SMILES string of the molecule is COC(=O)Nc1ccc(OC(C)C(=O)Nc2ccc(I)cc2)cc1. The average Bonchev–Trinajstić information content (AvgIpc) is 2.58. The summed E-state index contributed by atoms with van der Waals surface area (Å²) in [6, 6.07) is 14.1. The summed E-state index contributed by atoms with van der Waals surface area (Å²) < 4.78 is 11.2. The Morgan fingerprint density at radius 1 is 0.958 bits per heavy atom. The molecule has 1 unspecified atom stereocenters. The molecule has 6 nitrogen and oxygen atoms in total. The molecule has 1 atom stereocenters. The Morgan fingerprint density at radius 2 is 1.50 bits per heavy atom. The Hall–Kier alpha value is -2.29. The minimum atomic E-state index is -0.663. The molecule has 0 spiro atoms. The molecule has 126 valence electrons. The van der Waals surface area contributed by atoms with Crippen molar-refractivity contribution >= 4 is 46.0 Å². The van der Waals surface area contributed by atoms with Crippen molar-refractivity contribution < 1.29 is 19.1 Å². The number of benzene rings is 2. The molecule has 2 aromatic rings. The van der Waals surface area contributed by atoms with E-state index in [0.717, 1.165) is 3.57 Å². The van der Waals surface area contributed by atoms with Gasteiger partial charge in [0.1, 0.15) is 5.75 Å². The van der Waals surface area contributed by atoms with Crippen molar-refractivity contribution in [3.8, 4) is 5.75 Å². The van der Waals surface area contributed by atoms with E-state index in [1.807, 2.05) is 24.3 Å². The van der Waals surface area contributed by atoms with Gasteiger partial charge < -0.3 is 14.8 Å². The van der Waals surface area contributed by atoms with Crippen LogP contribution in [0.1, 0.15) is 6.92 Å². The van der Waals surface area contributed by atoms with Gasteiger partial charge in [-0.1, -0.05) is 0 Å². The lowest BCUT2D eigenvalue weighted by Gasteiger charge is -2.15. The fourth-order valence-electron chi connectivity index (χ4n) is 1.82. The smallest absolute Gasteiger partial charge is 0.411 e. The maximum atomic E-state index is 12.1. The van der Waals surface area contributed by atoms with Crippen LogP contribution in [-0.4, -0.2) is 25.2 Å². The molecule has 2 amide bonds. The molecule has 0 aromatic heterocycles. The number of rotatable bonds is 5. The first kappa shape index (κ1) is 18.1. The second kappa shape index (κ2) is 8.53. The number of nitrogens with one attached hydrogen (secondary N) is 2. The Balaban J connectivity index is 1.91. The highest BCUT2D eigenvalue weighted by atomic mass is 127. The third-order valence-electron chi connectivity index (χ3n) is 3.08. The predicted octanol–water partition coefficient (Wildman–Crippen LogP) is 3.88. The van der Waals surface area contributed by atoms with Gasteiger partial charge in [0, 0.05) is 14.9 Å². The first-order valence-corrected chi connectivity index (χ1v) is 8.24. The zero-order chi connectivity index (χ0) is 17.5. The molecule has 2 N–H and O–H groups in total. The molecule has 0 aliphatic heterocycles. The molecule has 2 aromatic carbocycles. The number of methoxy groups -OCH3 is 1. The van der Waals surface area contributed by atoms with E-state index in [1.165, 1.54) is 7.11 Å². The lowest BCUT2D eigenvalue weighted by atomic mass is 10.3. The fraction of sp³-hybridized carbons (Fsp3) is 0.176. The second-order valence-corrected chi connectivity index (χ2v) is 6.14. The van der Waals surface area contributed by atoms with E-state index in [2.05, 4.69) is 38.0 Å². The minimum Gasteiger partial charge on any atom is -0.481 e. The van der Waals surface area contributed by atoms with Gasteiger partial charge in [0.25, 0.3) is 5.91 Å². The van der Waals surface area contributed by atoms with E-state index >= 15 is 0 Å². The monoisotopic (exact) mass is 440 g/mol. The molecule has 0 aliphatic rings. The van der Waals surface area contributed by atoms with Crippen LogP contribution in [0.2, 0.25) is 0 Å². The second-order valence-electron chi connectivity index (χ2n) is 4.90. The zero-order valence-corrected chi connectivity index (χ0v) is 15.4. The molecule has 0 fully saturated rings. The Kier molecular flexibility index (Phi) is 6.42. The van der Waals surface area contributed by atoms with Crippen molar-refractivity contribution in [3.05, 3.63) is 52.1 Å². The maximum Gasteiger partial charge on any atom is 0.411 e. The van der Waals surface area contributed by atoms with Crippen LogP contribution in [-0.2, 0) is 9.53 Å². The molecule has 0 radical (unpaired) electrons. The van der Waals surface area contributed by atoms with Crippen LogP contribution in [0.25, 0.3) is 0 Å². The molecule has 0 saturated heterocycles. The van der Waals surface area contributed by atoms with E-state index in [9.17, 15) is 9.59 Å². The van der Waals surface area contributed by atoms with Crippen molar-refractivity contribution in [2.75, 3.05) is 17.7 Å². The first-order chi connectivity index (χ1) is 11.5. The number of hydrogen-bond acceptors (Lipinski definition) is 4. The summed E-state index contributed by atoms with van der Waals surface area (Å²) >= 11 is 2.20. The minimum absolute atomic E-state index is 0.243. The normalized spacial score (nSPS) is 11.3. The number of hydrogen-bond donors (Lipinski definition) is 2. The zero-order valence-electron chi connectivity index (χ0n) is 13.2. The Morgan fingerprint density at radius 3 is 2.08 bits per heavy atom. The third-order valence-corrected chi connectivity index (χ3v) is 3.80. The molecular weight excluding hydrogens is 423 g/mol. The average molecular weight is 440 g/mol. The number of amides is 2. The summed E-state index contributed by atoms with van der Waals surface area (Å²) in [4.78, 5) is 23.3. The van der Waals surface area contributed by atoms with Gasteiger partial charge >= 0.3 is 6.09 Å². The van der Waals surface area contributed by atoms with E-state index in [0.29, 0.717) is 17.1 Å². The van der Waals surface area contributed by atoms with Crippen molar-refractivity contribution in [1.29, 1.82) is 0 Å². The number of carbonyl (C=O) groups is 2. The van der Waals surface area contributed by atoms with E-state index < -0.39 is 12.2 Å². The van der Waals surface area contributed by atoms with Gasteiger partial charge in [-0.25, -0.2) is 4.79 Å². The summed E-state index contributed by atoms with van der Waals surface area (Å²) in [6.07, 6.45) is -1.21. The quantitative estimate of drug-likeness (QED) is 0.693. The molecule has 0 heterocycles. The standard InChI is InChI=1S/C17H17IN2O4/c1-11(16(21)19-13-5-3-12(18)4-6-13)24-15-9-7-14(8-10-15)20-17(22)23-2/h3-11H,1-2H3,(H,19,21)(H,20,22). The van der Waals surface area contributed by atoms with Gasteiger partial charge in [-0.15, -0.1) is 0 Å². The molecule has 24 heavy (non-hydrogen) atoms. The maximum absolute atomic E-state index is 12.1. The Labute approximate surface area is 153 Å². The number of anilines is 2. The molecule has 2 rings (SSSR count). The predicted molar refractivity (Wildman–Crippen MR) is 100 cm³/mol. The molecule has 0 bridgehead atoms. The highest BCUT2D eigenvalue weighted by molar-refractivity contribution is 14.1. The molecule has 7 heteroatoms. The van der Waals surface area contributed by atoms with Gasteiger partial charge in [0.15, 0.2) is 6.10 Å². The highest BCUT2D eigenvalue weighted by Crippen LogP contribution is 2.18. The number of halogens is 1. The lowest BCUT2D eigenvalue weighted by molar-refractivity contribution is -0.122. The summed E-state index contributed by atoms with van der Waals surface area (Å²) in [5, 5.41) is 5.33. The van der Waals surface area contributed by atoms with E-state index in [4.69, 9.17) is 4.74 Å². The molecular formula is C17H17IN2O4. The van der Waals surface area contributed by atoms with Crippen LogP contribution in [0.5, 0.6) is 5.75 Å². The Bertz CT molecular complexity index is 702. The topological polar surface area (TPSA) is 76.7 Å². The van der Waals surface area contributed by atoms with Crippen LogP contribution in [0, 0.1) is 3.57 Å². The number of carbonyl (C=O) groups excluding carboxylic acids is 2.